The molecule has 0 saturated heterocycles. The number of esters is 1. The van der Waals surface area contributed by atoms with Crippen molar-refractivity contribution >= 4 is 5.97 Å². The van der Waals surface area contributed by atoms with Gasteiger partial charge in [0.1, 0.15) is 0 Å². The van der Waals surface area contributed by atoms with Crippen LogP contribution in [0.25, 0.3) is 0 Å². The number of ether oxygens (including phenoxy) is 1. The van der Waals surface area contributed by atoms with Crippen LogP contribution in [0.15, 0.2) is 24.3 Å². The predicted molar refractivity (Wildman–Crippen MR) is 70.2 cm³/mol. The van der Waals surface area contributed by atoms with E-state index < -0.39 is 11.7 Å². The highest BCUT2D eigenvalue weighted by molar-refractivity contribution is 5.69. The van der Waals surface area contributed by atoms with Crippen molar-refractivity contribution in [3.63, 3.8) is 0 Å². The van der Waals surface area contributed by atoms with Gasteiger partial charge in [-0.1, -0.05) is 25.5 Å². The summed E-state index contributed by atoms with van der Waals surface area (Å²) in [7, 11) is 1.35. The van der Waals surface area contributed by atoms with Gasteiger partial charge < -0.3 is 4.74 Å². The number of carbonyl (C=O) groups is 1. The number of halogens is 3. The molecule has 0 N–H and O–H groups in total. The van der Waals surface area contributed by atoms with Gasteiger partial charge in [-0.2, -0.15) is 13.2 Å². The zero-order valence-corrected chi connectivity index (χ0v) is 11.7. The van der Waals surface area contributed by atoms with Crippen molar-refractivity contribution < 1.29 is 22.7 Å². The van der Waals surface area contributed by atoms with Crippen LogP contribution in [0.3, 0.4) is 0 Å². The molecule has 0 heterocycles. The van der Waals surface area contributed by atoms with Crippen molar-refractivity contribution in [1.82, 2.24) is 0 Å². The second-order valence-corrected chi connectivity index (χ2v) is 4.79. The zero-order valence-electron chi connectivity index (χ0n) is 11.7. The maximum absolute atomic E-state index is 12.4. The van der Waals surface area contributed by atoms with Gasteiger partial charge >= 0.3 is 12.1 Å². The lowest BCUT2D eigenvalue weighted by Crippen LogP contribution is -2.10. The molecule has 0 fully saturated rings. The third kappa shape index (κ3) is 5.23. The highest BCUT2D eigenvalue weighted by atomic mass is 19.4. The second kappa shape index (κ2) is 7.31. The molecule has 0 aliphatic heterocycles. The third-order valence-electron chi connectivity index (χ3n) is 3.38. The Balaban J connectivity index is 2.54. The molecule has 20 heavy (non-hydrogen) atoms. The van der Waals surface area contributed by atoms with E-state index >= 15 is 0 Å². The summed E-state index contributed by atoms with van der Waals surface area (Å²) in [6.07, 6.45) is -1.68. The molecule has 0 radical (unpaired) electrons. The molecule has 5 heteroatoms. The molecule has 0 aromatic heterocycles. The SMILES string of the molecule is CCC(CCc1ccc(C(F)(F)F)cc1)CC(=O)OC. The van der Waals surface area contributed by atoms with Gasteiger partial charge in [0.2, 0.25) is 0 Å². The molecule has 1 aromatic carbocycles. The van der Waals surface area contributed by atoms with Gasteiger partial charge in [-0.25, -0.2) is 0 Å². The molecule has 1 rings (SSSR count). The van der Waals surface area contributed by atoms with Crippen LogP contribution in [0.1, 0.15) is 37.3 Å². The zero-order chi connectivity index (χ0) is 15.2. The topological polar surface area (TPSA) is 26.3 Å². The highest BCUT2D eigenvalue weighted by Gasteiger charge is 2.29. The van der Waals surface area contributed by atoms with Crippen molar-refractivity contribution in [1.29, 1.82) is 0 Å². The third-order valence-corrected chi connectivity index (χ3v) is 3.38. The van der Waals surface area contributed by atoms with E-state index in [9.17, 15) is 18.0 Å². The van der Waals surface area contributed by atoms with Crippen molar-refractivity contribution in [3.05, 3.63) is 35.4 Å². The quantitative estimate of drug-likeness (QED) is 0.732. The molecule has 1 atom stereocenters. The Hall–Kier alpha value is -1.52. The van der Waals surface area contributed by atoms with Crippen molar-refractivity contribution in [3.8, 4) is 0 Å². The van der Waals surface area contributed by atoms with Gasteiger partial charge in [0.05, 0.1) is 12.7 Å². The Labute approximate surface area is 116 Å². The van der Waals surface area contributed by atoms with E-state index in [0.717, 1.165) is 30.5 Å². The van der Waals surface area contributed by atoms with E-state index in [4.69, 9.17) is 0 Å². The summed E-state index contributed by atoms with van der Waals surface area (Å²) in [5.41, 5.74) is 0.212. The van der Waals surface area contributed by atoms with Crippen LogP contribution in [0.4, 0.5) is 13.2 Å². The molecular weight excluding hydrogens is 269 g/mol. The standard InChI is InChI=1S/C15H19F3O2/c1-3-11(10-14(19)20-2)4-5-12-6-8-13(9-7-12)15(16,17)18/h6-9,11H,3-5,10H2,1-2H3. The normalized spacial score (nSPS) is 13.1. The van der Waals surface area contributed by atoms with E-state index in [2.05, 4.69) is 4.74 Å². The molecule has 0 aliphatic carbocycles. The van der Waals surface area contributed by atoms with Crippen LogP contribution in [0, 0.1) is 5.92 Å². The van der Waals surface area contributed by atoms with E-state index in [1.165, 1.54) is 19.2 Å². The highest BCUT2D eigenvalue weighted by Crippen LogP contribution is 2.29. The average Bonchev–Trinajstić information content (AvgIpc) is 2.42. The molecule has 0 saturated carbocycles. The first-order valence-electron chi connectivity index (χ1n) is 6.59. The number of carbonyl (C=O) groups excluding carboxylic acids is 1. The van der Waals surface area contributed by atoms with Crippen LogP contribution >= 0.6 is 0 Å². The summed E-state index contributed by atoms with van der Waals surface area (Å²) >= 11 is 0. The summed E-state index contributed by atoms with van der Waals surface area (Å²) in [5.74, 6) is -0.0472. The van der Waals surface area contributed by atoms with E-state index in [1.54, 1.807) is 0 Å². The van der Waals surface area contributed by atoms with Gasteiger partial charge in [0, 0.05) is 6.42 Å². The van der Waals surface area contributed by atoms with Crippen LogP contribution in [0.5, 0.6) is 0 Å². The number of methoxy groups -OCH3 is 1. The molecule has 0 aliphatic rings. The molecule has 1 aromatic rings. The number of hydrogen-bond acceptors (Lipinski definition) is 2. The Morgan fingerprint density at radius 3 is 2.30 bits per heavy atom. The lowest BCUT2D eigenvalue weighted by atomic mass is 9.94. The smallest absolute Gasteiger partial charge is 0.416 e. The number of benzene rings is 1. The van der Waals surface area contributed by atoms with Gasteiger partial charge in [-0.15, -0.1) is 0 Å². The van der Waals surface area contributed by atoms with E-state index in [0.29, 0.717) is 12.8 Å². The van der Waals surface area contributed by atoms with Crippen LogP contribution in [-0.2, 0) is 22.1 Å². The summed E-state index contributed by atoms with van der Waals surface area (Å²) in [5, 5.41) is 0. The number of alkyl halides is 3. The van der Waals surface area contributed by atoms with E-state index in [-0.39, 0.29) is 11.9 Å². The molecule has 1 unspecified atom stereocenters. The molecule has 0 amide bonds. The predicted octanol–water partition coefficient (Wildman–Crippen LogP) is 4.23. The molecular formula is C15H19F3O2. The Kier molecular flexibility index (Phi) is 6.05. The largest absolute Gasteiger partial charge is 0.469 e. The van der Waals surface area contributed by atoms with Gasteiger partial charge in [0.25, 0.3) is 0 Å². The second-order valence-electron chi connectivity index (χ2n) is 4.79. The van der Waals surface area contributed by atoms with Crippen LogP contribution in [-0.4, -0.2) is 13.1 Å². The molecule has 0 spiro atoms. The van der Waals surface area contributed by atoms with Crippen molar-refractivity contribution in [2.24, 2.45) is 5.92 Å². The fourth-order valence-electron chi connectivity index (χ4n) is 2.00. The first-order chi connectivity index (χ1) is 9.36. The van der Waals surface area contributed by atoms with Gasteiger partial charge in [-0.05, 0) is 36.5 Å². The minimum absolute atomic E-state index is 0.199. The summed E-state index contributed by atoms with van der Waals surface area (Å²) in [4.78, 5) is 11.2. The monoisotopic (exact) mass is 288 g/mol. The lowest BCUT2D eigenvalue weighted by molar-refractivity contribution is -0.142. The lowest BCUT2D eigenvalue weighted by Gasteiger charge is -2.13. The maximum Gasteiger partial charge on any atom is 0.416 e. The first-order valence-corrected chi connectivity index (χ1v) is 6.59. The number of aryl methyl sites for hydroxylation is 1. The first kappa shape index (κ1) is 16.5. The van der Waals surface area contributed by atoms with Crippen molar-refractivity contribution in [2.75, 3.05) is 7.11 Å². The van der Waals surface area contributed by atoms with Gasteiger partial charge in [0.15, 0.2) is 0 Å². The Bertz CT molecular complexity index is 424. The van der Waals surface area contributed by atoms with Crippen LogP contribution in [0.2, 0.25) is 0 Å². The molecule has 112 valence electrons. The van der Waals surface area contributed by atoms with Gasteiger partial charge in [-0.3, -0.25) is 4.79 Å². The molecule has 2 nitrogen and oxygen atoms in total. The molecule has 0 bridgehead atoms. The summed E-state index contributed by atoms with van der Waals surface area (Å²) < 4.78 is 41.9. The Morgan fingerprint density at radius 1 is 1.25 bits per heavy atom. The number of hydrogen-bond donors (Lipinski definition) is 0. The summed E-state index contributed by atoms with van der Waals surface area (Å²) in [6, 6.07) is 5.18. The fraction of sp³-hybridized carbons (Fsp3) is 0.533. The Morgan fingerprint density at radius 2 is 1.85 bits per heavy atom. The number of rotatable bonds is 6. The van der Waals surface area contributed by atoms with Crippen molar-refractivity contribution in [2.45, 2.75) is 38.8 Å². The van der Waals surface area contributed by atoms with E-state index in [1.807, 2.05) is 6.92 Å². The summed E-state index contributed by atoms with van der Waals surface area (Å²) in [6.45, 7) is 1.99. The fourth-order valence-corrected chi connectivity index (χ4v) is 2.00. The minimum Gasteiger partial charge on any atom is -0.469 e. The van der Waals surface area contributed by atoms with Crippen LogP contribution < -0.4 is 0 Å². The minimum atomic E-state index is -4.30. The maximum atomic E-state index is 12.4. The average molecular weight is 288 g/mol.